The Morgan fingerprint density at radius 2 is 1.77 bits per heavy atom. The average Bonchev–Trinajstić information content (AvgIpc) is 2.62. The highest BCUT2D eigenvalue weighted by Crippen LogP contribution is 2.33. The largest absolute Gasteiger partial charge is 0.465 e. The standard InChI is InChI=1S/C19H31N5O2/c1-14-12-16(20)18(22(3)19(25)26)13-17(14)24-6-4-15(5-7-24)23-10-8-21(2)9-11-23/h12-13,15H,4-11,20H2,1-3H3,(H,25,26). The van der Waals surface area contributed by atoms with Crippen LogP contribution < -0.4 is 15.5 Å². The van der Waals surface area contributed by atoms with Gasteiger partial charge in [0.05, 0.1) is 11.4 Å². The first-order valence-electron chi connectivity index (χ1n) is 9.41. The summed E-state index contributed by atoms with van der Waals surface area (Å²) in [5.74, 6) is 0. The number of nitrogens with two attached hydrogens (primary N) is 1. The Bertz CT molecular complexity index is 650. The van der Waals surface area contributed by atoms with Crippen molar-refractivity contribution in [3.8, 4) is 0 Å². The van der Waals surface area contributed by atoms with Crippen LogP contribution in [0, 0.1) is 6.92 Å². The maximum Gasteiger partial charge on any atom is 0.411 e. The third-order valence-corrected chi connectivity index (χ3v) is 5.85. The van der Waals surface area contributed by atoms with Crippen LogP contribution in [0.4, 0.5) is 21.9 Å². The normalized spacial score (nSPS) is 20.3. The van der Waals surface area contributed by atoms with Gasteiger partial charge >= 0.3 is 6.09 Å². The fourth-order valence-electron chi connectivity index (χ4n) is 4.10. The van der Waals surface area contributed by atoms with Gasteiger partial charge in [0.25, 0.3) is 0 Å². The van der Waals surface area contributed by atoms with Crippen molar-refractivity contribution in [2.45, 2.75) is 25.8 Å². The zero-order chi connectivity index (χ0) is 18.8. The van der Waals surface area contributed by atoms with Crippen LogP contribution in [-0.2, 0) is 0 Å². The molecule has 3 N–H and O–H groups in total. The van der Waals surface area contributed by atoms with Gasteiger partial charge in [0.2, 0.25) is 0 Å². The van der Waals surface area contributed by atoms with Crippen LogP contribution in [0.1, 0.15) is 18.4 Å². The van der Waals surface area contributed by atoms with E-state index in [9.17, 15) is 9.90 Å². The second kappa shape index (κ2) is 7.72. The molecule has 0 atom stereocenters. The molecular formula is C19H31N5O2. The van der Waals surface area contributed by atoms with E-state index < -0.39 is 6.09 Å². The van der Waals surface area contributed by atoms with E-state index >= 15 is 0 Å². The molecule has 1 aromatic rings. The molecule has 2 saturated heterocycles. The van der Waals surface area contributed by atoms with Crippen LogP contribution in [-0.4, -0.2) is 80.4 Å². The molecule has 7 heteroatoms. The SMILES string of the molecule is Cc1cc(N)c(N(C)C(=O)O)cc1N1CCC(N2CCN(C)CC2)CC1. The number of hydrogen-bond acceptors (Lipinski definition) is 5. The van der Waals surface area contributed by atoms with Gasteiger partial charge in [0, 0.05) is 58.0 Å². The van der Waals surface area contributed by atoms with E-state index in [1.165, 1.54) is 11.9 Å². The number of nitrogen functional groups attached to an aromatic ring is 1. The highest BCUT2D eigenvalue weighted by molar-refractivity contribution is 5.91. The fourth-order valence-corrected chi connectivity index (χ4v) is 4.10. The van der Waals surface area contributed by atoms with Crippen LogP contribution in [0.5, 0.6) is 0 Å². The molecule has 0 saturated carbocycles. The Labute approximate surface area is 155 Å². The summed E-state index contributed by atoms with van der Waals surface area (Å²) < 4.78 is 0. The third-order valence-electron chi connectivity index (χ3n) is 5.85. The molecule has 2 heterocycles. The summed E-state index contributed by atoms with van der Waals surface area (Å²) in [4.78, 5) is 19.9. The monoisotopic (exact) mass is 361 g/mol. The fraction of sp³-hybridized carbons (Fsp3) is 0.632. The summed E-state index contributed by atoms with van der Waals surface area (Å²) in [6.07, 6.45) is 1.30. The second-order valence-corrected chi connectivity index (χ2v) is 7.60. The average molecular weight is 361 g/mol. The second-order valence-electron chi connectivity index (χ2n) is 7.60. The summed E-state index contributed by atoms with van der Waals surface area (Å²) in [7, 11) is 3.72. The maximum atomic E-state index is 11.3. The molecule has 7 nitrogen and oxygen atoms in total. The number of piperidine rings is 1. The molecule has 144 valence electrons. The molecule has 2 aliphatic rings. The minimum Gasteiger partial charge on any atom is -0.465 e. The van der Waals surface area contributed by atoms with Crippen LogP contribution >= 0.6 is 0 Å². The first kappa shape index (κ1) is 18.8. The molecule has 0 spiro atoms. The highest BCUT2D eigenvalue weighted by Gasteiger charge is 2.27. The molecule has 1 amide bonds. The highest BCUT2D eigenvalue weighted by atomic mass is 16.4. The van der Waals surface area contributed by atoms with Gasteiger partial charge in [-0.25, -0.2) is 4.79 Å². The molecule has 2 aliphatic heterocycles. The lowest BCUT2D eigenvalue weighted by Crippen LogP contribution is -2.52. The van der Waals surface area contributed by atoms with Gasteiger partial charge in [0.1, 0.15) is 0 Å². The lowest BCUT2D eigenvalue weighted by Gasteiger charge is -2.43. The third kappa shape index (κ3) is 3.88. The summed E-state index contributed by atoms with van der Waals surface area (Å²) in [5.41, 5.74) is 9.31. The predicted octanol–water partition coefficient (Wildman–Crippen LogP) is 1.91. The van der Waals surface area contributed by atoms with Crippen molar-refractivity contribution in [1.29, 1.82) is 0 Å². The van der Waals surface area contributed by atoms with Crippen molar-refractivity contribution in [2.75, 3.05) is 68.9 Å². The number of anilines is 3. The van der Waals surface area contributed by atoms with Gasteiger partial charge in [-0.2, -0.15) is 0 Å². The number of carbonyl (C=O) groups is 1. The summed E-state index contributed by atoms with van der Waals surface area (Å²) in [5, 5.41) is 9.28. The number of carboxylic acid groups (broad SMARTS) is 1. The van der Waals surface area contributed by atoms with Crippen molar-refractivity contribution < 1.29 is 9.90 Å². The molecule has 0 bridgehead atoms. The Hall–Kier alpha value is -1.99. The molecule has 0 aromatic heterocycles. The smallest absolute Gasteiger partial charge is 0.411 e. The van der Waals surface area contributed by atoms with Crippen molar-refractivity contribution in [1.82, 2.24) is 9.80 Å². The Morgan fingerprint density at radius 3 is 2.35 bits per heavy atom. The molecule has 2 fully saturated rings. The van der Waals surface area contributed by atoms with Crippen LogP contribution in [0.25, 0.3) is 0 Å². The topological polar surface area (TPSA) is 76.3 Å². The van der Waals surface area contributed by atoms with Gasteiger partial charge in [-0.3, -0.25) is 9.80 Å². The molecule has 3 rings (SSSR count). The number of nitrogens with zero attached hydrogens (tertiary/aromatic N) is 4. The number of likely N-dealkylation sites (N-methyl/N-ethyl adjacent to an activating group) is 1. The molecule has 26 heavy (non-hydrogen) atoms. The lowest BCUT2D eigenvalue weighted by molar-refractivity contribution is 0.0982. The van der Waals surface area contributed by atoms with E-state index in [1.807, 2.05) is 19.1 Å². The molecule has 0 aliphatic carbocycles. The quantitative estimate of drug-likeness (QED) is 0.801. The number of amides is 1. The number of rotatable bonds is 3. The van der Waals surface area contributed by atoms with Crippen LogP contribution in [0.15, 0.2) is 12.1 Å². The number of hydrogen-bond donors (Lipinski definition) is 2. The minimum atomic E-state index is -1.000. The molecular weight excluding hydrogens is 330 g/mol. The summed E-state index contributed by atoms with van der Waals surface area (Å²) >= 11 is 0. The van der Waals surface area contributed by atoms with Gasteiger partial charge in [-0.15, -0.1) is 0 Å². The lowest BCUT2D eigenvalue weighted by atomic mass is 10.00. The van der Waals surface area contributed by atoms with E-state index in [2.05, 4.69) is 21.7 Å². The molecule has 0 radical (unpaired) electrons. The number of benzene rings is 1. The molecule has 0 unspecified atom stereocenters. The van der Waals surface area contributed by atoms with Crippen molar-refractivity contribution in [3.63, 3.8) is 0 Å². The Morgan fingerprint density at radius 1 is 1.15 bits per heavy atom. The minimum absolute atomic E-state index is 0.503. The Balaban J connectivity index is 1.69. The first-order valence-corrected chi connectivity index (χ1v) is 9.41. The van der Waals surface area contributed by atoms with E-state index in [-0.39, 0.29) is 0 Å². The Kier molecular flexibility index (Phi) is 5.58. The van der Waals surface area contributed by atoms with Crippen LogP contribution in [0.2, 0.25) is 0 Å². The first-order chi connectivity index (χ1) is 12.4. The van der Waals surface area contributed by atoms with Gasteiger partial charge in [-0.05, 0) is 44.5 Å². The molecule has 1 aromatic carbocycles. The van der Waals surface area contributed by atoms with E-state index in [4.69, 9.17) is 5.73 Å². The number of piperazine rings is 1. The van der Waals surface area contributed by atoms with Gasteiger partial charge in [-0.1, -0.05) is 0 Å². The van der Waals surface area contributed by atoms with Crippen molar-refractivity contribution >= 4 is 23.2 Å². The van der Waals surface area contributed by atoms with Crippen LogP contribution in [0.3, 0.4) is 0 Å². The number of aryl methyl sites for hydroxylation is 1. The van der Waals surface area contributed by atoms with E-state index in [0.717, 1.165) is 63.4 Å². The predicted molar refractivity (Wildman–Crippen MR) is 106 cm³/mol. The maximum absolute atomic E-state index is 11.3. The zero-order valence-corrected chi connectivity index (χ0v) is 16.1. The van der Waals surface area contributed by atoms with Gasteiger partial charge < -0.3 is 20.6 Å². The van der Waals surface area contributed by atoms with E-state index in [1.54, 1.807) is 0 Å². The van der Waals surface area contributed by atoms with Crippen molar-refractivity contribution in [2.24, 2.45) is 0 Å². The summed E-state index contributed by atoms with van der Waals surface area (Å²) in [6, 6.07) is 4.47. The van der Waals surface area contributed by atoms with Crippen molar-refractivity contribution in [3.05, 3.63) is 17.7 Å². The van der Waals surface area contributed by atoms with Gasteiger partial charge in [0.15, 0.2) is 0 Å². The zero-order valence-electron chi connectivity index (χ0n) is 16.1. The van der Waals surface area contributed by atoms with E-state index in [0.29, 0.717) is 17.4 Å². The summed E-state index contributed by atoms with van der Waals surface area (Å²) in [6.45, 7) is 8.67.